The van der Waals surface area contributed by atoms with E-state index in [1.807, 2.05) is 19.1 Å². The highest BCUT2D eigenvalue weighted by Crippen LogP contribution is 2.43. The number of methoxy groups -OCH3 is 2. The maximum atomic E-state index is 13.0. The molecule has 8 nitrogen and oxygen atoms in total. The van der Waals surface area contributed by atoms with Gasteiger partial charge in [-0.2, -0.15) is 0 Å². The van der Waals surface area contributed by atoms with Crippen LogP contribution in [0.1, 0.15) is 17.0 Å². The van der Waals surface area contributed by atoms with Crippen molar-refractivity contribution in [3.63, 3.8) is 0 Å². The van der Waals surface area contributed by atoms with E-state index in [1.54, 1.807) is 36.4 Å². The van der Waals surface area contributed by atoms with Gasteiger partial charge in [0.15, 0.2) is 0 Å². The van der Waals surface area contributed by atoms with Crippen molar-refractivity contribution in [2.75, 3.05) is 19.1 Å². The molecule has 2 aromatic carbocycles. The fourth-order valence-electron chi connectivity index (χ4n) is 3.63. The Morgan fingerprint density at radius 2 is 1.47 bits per heavy atom. The monoisotopic (exact) mass is 499 g/mol. The summed E-state index contributed by atoms with van der Waals surface area (Å²) < 4.78 is 10.8. The lowest BCUT2D eigenvalue weighted by Crippen LogP contribution is -2.43. The smallest absolute Gasteiger partial charge is 0.355 e. The summed E-state index contributed by atoms with van der Waals surface area (Å²) in [5.41, 5.74) is 13.8. The molecule has 2 aromatic rings. The normalized spacial score (nSPS) is 16.1. The molecule has 0 saturated heterocycles. The van der Waals surface area contributed by atoms with E-state index in [0.717, 1.165) is 10.0 Å². The summed E-state index contributed by atoms with van der Waals surface area (Å²) in [6.07, 6.45) is 0. The molecule has 1 amide bonds. The number of rotatable bonds is 5. The van der Waals surface area contributed by atoms with Crippen molar-refractivity contribution >= 4 is 39.5 Å². The van der Waals surface area contributed by atoms with Crippen LogP contribution < -0.4 is 16.4 Å². The van der Waals surface area contributed by atoms with Gasteiger partial charge < -0.3 is 20.9 Å². The fraction of sp³-hybridized carbons (Fsp3) is 0.174. The Bertz CT molecular complexity index is 1140. The lowest BCUT2D eigenvalue weighted by atomic mass is 9.80. The van der Waals surface area contributed by atoms with Crippen LogP contribution in [-0.4, -0.2) is 32.1 Å². The number of nitrogens with zero attached hydrogens (tertiary/aromatic N) is 1. The molecule has 1 heterocycles. The topological polar surface area (TPSA) is 125 Å². The van der Waals surface area contributed by atoms with Crippen molar-refractivity contribution in [1.29, 1.82) is 0 Å². The van der Waals surface area contributed by atoms with Gasteiger partial charge >= 0.3 is 11.9 Å². The van der Waals surface area contributed by atoms with Gasteiger partial charge in [0.2, 0.25) is 5.91 Å². The molecule has 0 bridgehead atoms. The molecule has 32 heavy (non-hydrogen) atoms. The number of hydrogen-bond acceptors (Lipinski definition) is 7. The Labute approximate surface area is 193 Å². The molecule has 0 spiro atoms. The second kappa shape index (κ2) is 9.27. The number of nitrogens with two attached hydrogens (primary N) is 2. The Morgan fingerprint density at radius 1 is 0.906 bits per heavy atom. The Balaban J connectivity index is 2.43. The highest BCUT2D eigenvalue weighted by molar-refractivity contribution is 9.10. The van der Waals surface area contributed by atoms with Crippen LogP contribution in [-0.2, 0) is 23.9 Å². The number of benzene rings is 2. The number of carbonyl (C=O) groups is 3. The minimum Gasteiger partial charge on any atom is -0.466 e. The molecule has 9 heteroatoms. The first kappa shape index (κ1) is 23.1. The fourth-order valence-corrected chi connectivity index (χ4v) is 3.90. The molecule has 0 aromatic heterocycles. The number of carbonyl (C=O) groups excluding carboxylic acids is 3. The van der Waals surface area contributed by atoms with Gasteiger partial charge in [-0.1, -0.05) is 45.8 Å². The van der Waals surface area contributed by atoms with E-state index >= 15 is 0 Å². The summed E-state index contributed by atoms with van der Waals surface area (Å²) in [4.78, 5) is 39.9. The van der Waals surface area contributed by atoms with Gasteiger partial charge in [0, 0.05) is 10.2 Å². The summed E-state index contributed by atoms with van der Waals surface area (Å²) in [7, 11) is 2.38. The Hall–Kier alpha value is -3.59. The molecule has 1 unspecified atom stereocenters. The summed E-state index contributed by atoms with van der Waals surface area (Å²) in [6, 6.07) is 13.9. The van der Waals surface area contributed by atoms with E-state index in [4.69, 9.17) is 20.9 Å². The van der Waals surface area contributed by atoms with E-state index in [0.29, 0.717) is 11.3 Å². The van der Waals surface area contributed by atoms with E-state index < -0.39 is 23.8 Å². The van der Waals surface area contributed by atoms with Gasteiger partial charge in [-0.05, 0) is 36.8 Å². The second-order valence-electron chi connectivity index (χ2n) is 7.06. The summed E-state index contributed by atoms with van der Waals surface area (Å²) in [5, 5.41) is 0. The molecule has 1 aliphatic rings. The number of ether oxygens (including phenoxy) is 2. The number of primary amides is 1. The zero-order valence-electron chi connectivity index (χ0n) is 17.7. The third kappa shape index (κ3) is 4.11. The Kier molecular flexibility index (Phi) is 6.69. The van der Waals surface area contributed by atoms with Crippen LogP contribution >= 0.6 is 15.9 Å². The van der Waals surface area contributed by atoms with Crippen molar-refractivity contribution in [2.45, 2.75) is 12.8 Å². The van der Waals surface area contributed by atoms with Gasteiger partial charge in [0.05, 0.1) is 31.3 Å². The second-order valence-corrected chi connectivity index (χ2v) is 7.98. The van der Waals surface area contributed by atoms with Crippen molar-refractivity contribution in [3.8, 4) is 0 Å². The molecular formula is C23H22BrN3O5. The van der Waals surface area contributed by atoms with Crippen LogP contribution in [0.4, 0.5) is 5.69 Å². The first-order valence-electron chi connectivity index (χ1n) is 9.53. The SMILES string of the molecule is COC(=O)C1=C(C(=O)OC)N(c2ccc(Br)cc2)C(N)=C(C(N)=O)C1c1ccc(C)cc1. The average Bonchev–Trinajstić information content (AvgIpc) is 2.78. The van der Waals surface area contributed by atoms with Gasteiger partial charge in [0.1, 0.15) is 11.5 Å². The average molecular weight is 500 g/mol. The zero-order chi connectivity index (χ0) is 23.6. The molecule has 0 saturated carbocycles. The molecule has 166 valence electrons. The van der Waals surface area contributed by atoms with Crippen LogP contribution in [0.25, 0.3) is 0 Å². The number of aryl methyl sites for hydroxylation is 1. The van der Waals surface area contributed by atoms with E-state index in [1.165, 1.54) is 19.1 Å². The summed E-state index contributed by atoms with van der Waals surface area (Å²) in [6.45, 7) is 1.90. The van der Waals surface area contributed by atoms with Crippen LogP contribution in [0.2, 0.25) is 0 Å². The van der Waals surface area contributed by atoms with Gasteiger partial charge in [-0.3, -0.25) is 9.69 Å². The van der Waals surface area contributed by atoms with Crippen LogP contribution in [0, 0.1) is 6.92 Å². The quantitative estimate of drug-likeness (QED) is 0.605. The minimum absolute atomic E-state index is 0.0372. The number of esters is 2. The van der Waals surface area contributed by atoms with Crippen molar-refractivity contribution in [2.24, 2.45) is 11.5 Å². The van der Waals surface area contributed by atoms with Gasteiger partial charge in [-0.15, -0.1) is 0 Å². The van der Waals surface area contributed by atoms with Crippen LogP contribution in [0.15, 0.2) is 75.7 Å². The summed E-state index contributed by atoms with van der Waals surface area (Å²) >= 11 is 3.36. The number of hydrogen-bond donors (Lipinski definition) is 2. The van der Waals surface area contributed by atoms with Crippen LogP contribution in [0.5, 0.6) is 0 Å². The molecule has 3 rings (SSSR count). The number of halogens is 1. The first-order chi connectivity index (χ1) is 15.2. The van der Waals surface area contributed by atoms with Crippen molar-refractivity contribution in [1.82, 2.24) is 0 Å². The molecule has 0 radical (unpaired) electrons. The van der Waals surface area contributed by atoms with Crippen LogP contribution in [0.3, 0.4) is 0 Å². The van der Waals surface area contributed by atoms with E-state index in [2.05, 4.69) is 15.9 Å². The lowest BCUT2D eigenvalue weighted by molar-refractivity contribution is -0.139. The van der Waals surface area contributed by atoms with E-state index in [-0.39, 0.29) is 22.7 Å². The lowest BCUT2D eigenvalue weighted by Gasteiger charge is -2.37. The molecule has 1 atom stereocenters. The molecular weight excluding hydrogens is 478 g/mol. The van der Waals surface area contributed by atoms with Gasteiger partial charge in [-0.25, -0.2) is 9.59 Å². The zero-order valence-corrected chi connectivity index (χ0v) is 19.3. The largest absolute Gasteiger partial charge is 0.466 e. The van der Waals surface area contributed by atoms with Gasteiger partial charge in [0.25, 0.3) is 0 Å². The third-order valence-electron chi connectivity index (χ3n) is 5.12. The maximum absolute atomic E-state index is 13.0. The molecule has 4 N–H and O–H groups in total. The minimum atomic E-state index is -1.03. The van der Waals surface area contributed by atoms with Crippen molar-refractivity contribution < 1.29 is 23.9 Å². The van der Waals surface area contributed by atoms with Crippen molar-refractivity contribution in [3.05, 3.63) is 86.8 Å². The molecule has 1 aliphatic heterocycles. The molecule has 0 fully saturated rings. The Morgan fingerprint density at radius 3 is 1.97 bits per heavy atom. The third-order valence-corrected chi connectivity index (χ3v) is 5.65. The summed E-state index contributed by atoms with van der Waals surface area (Å²) in [5.74, 6) is -3.58. The van der Waals surface area contributed by atoms with E-state index in [9.17, 15) is 14.4 Å². The standard InChI is InChI=1S/C23H22BrN3O5/c1-12-4-6-13(7-5-12)16-17(22(29)31-2)19(23(30)32-3)27(20(25)18(16)21(26)28)15-10-8-14(24)9-11-15/h4-11,16H,25H2,1-3H3,(H2,26,28). The first-order valence-corrected chi connectivity index (χ1v) is 10.3. The number of anilines is 1. The maximum Gasteiger partial charge on any atom is 0.355 e. The molecule has 0 aliphatic carbocycles. The highest BCUT2D eigenvalue weighted by Gasteiger charge is 2.44. The number of amides is 1. The predicted octanol–water partition coefficient (Wildman–Crippen LogP) is 2.62. The highest BCUT2D eigenvalue weighted by atomic mass is 79.9. The predicted molar refractivity (Wildman–Crippen MR) is 122 cm³/mol.